The van der Waals surface area contributed by atoms with Crippen molar-refractivity contribution in [2.45, 2.75) is 24.3 Å². The summed E-state index contributed by atoms with van der Waals surface area (Å²) in [5, 5.41) is 0.193. The first-order valence-electron chi connectivity index (χ1n) is 6.34. The Morgan fingerprint density at radius 3 is 2.53 bits per heavy atom. The van der Waals surface area contributed by atoms with Crippen molar-refractivity contribution in [2.75, 3.05) is 11.5 Å². The van der Waals surface area contributed by atoms with Crippen LogP contribution in [0.15, 0.2) is 0 Å². The van der Waals surface area contributed by atoms with Crippen LogP contribution in [-0.2, 0) is 0 Å². The van der Waals surface area contributed by atoms with E-state index in [0.717, 1.165) is 0 Å². The van der Waals surface area contributed by atoms with Gasteiger partial charge >= 0.3 is 0 Å². The minimum Gasteiger partial charge on any atom is -0.163 e. The molecule has 0 amide bonds. The Morgan fingerprint density at radius 1 is 0.941 bits per heavy atom. The molecule has 2 aliphatic heterocycles. The Bertz CT molecular complexity index is 229. The van der Waals surface area contributed by atoms with E-state index < -0.39 is 0 Å². The second-order valence-electron chi connectivity index (χ2n) is 4.56. The minimum absolute atomic E-state index is 0.193. The third-order valence-corrected chi connectivity index (χ3v) is 4.62. The lowest BCUT2D eigenvalue weighted by molar-refractivity contribution is 0.922. The summed E-state index contributed by atoms with van der Waals surface area (Å²) in [5.74, 6) is 2.43. The molecule has 70 valence electrons. The molecule has 2 heterocycles. The molecule has 11 heteroatoms. The molecular formula is C6H10B10S. The summed E-state index contributed by atoms with van der Waals surface area (Å²) in [5.41, 5.74) is 0.513. The lowest BCUT2D eigenvalue weighted by Crippen LogP contribution is -2.38. The van der Waals surface area contributed by atoms with Crippen molar-refractivity contribution in [3.8, 4) is 0 Å². The Labute approximate surface area is 118 Å². The maximum Gasteiger partial charge on any atom is 0.0518 e. The van der Waals surface area contributed by atoms with Gasteiger partial charge in [-0.1, -0.05) is 6.92 Å². The zero-order valence-corrected chi connectivity index (χ0v) is 11.2. The number of fused-ring (bicyclic) bond motifs is 1. The second kappa shape index (κ2) is 7.56. The summed E-state index contributed by atoms with van der Waals surface area (Å²) < 4.78 is 0. The van der Waals surface area contributed by atoms with Gasteiger partial charge in [0.05, 0.1) is 14.3 Å². The highest BCUT2D eigenvalue weighted by Gasteiger charge is 2.41. The van der Waals surface area contributed by atoms with Crippen molar-refractivity contribution in [1.82, 2.24) is 0 Å². The van der Waals surface area contributed by atoms with Crippen molar-refractivity contribution in [3.63, 3.8) is 0 Å². The van der Waals surface area contributed by atoms with Gasteiger partial charge in [0.2, 0.25) is 0 Å². The first kappa shape index (κ1) is 14.4. The molecule has 0 bridgehead atoms. The zero-order chi connectivity index (χ0) is 12.0. The van der Waals surface area contributed by atoms with Gasteiger partial charge in [0.15, 0.2) is 0 Å². The fourth-order valence-electron chi connectivity index (χ4n) is 2.25. The van der Waals surface area contributed by atoms with Gasteiger partial charge in [0.25, 0.3) is 0 Å². The number of rotatable bonds is 4. The normalized spacial score (nSPS) is 30.1. The van der Waals surface area contributed by atoms with Crippen LogP contribution in [0.2, 0.25) is 10.9 Å². The maximum atomic E-state index is 2.36. The smallest absolute Gasteiger partial charge is 0.0518 e. The SMILES string of the molecule is CCCSCC12[B][B][B][B][B][B][B]C1[B][B][B]2. The number of hydrogen-bond donors (Lipinski definition) is 0. The van der Waals surface area contributed by atoms with Gasteiger partial charge in [-0.3, -0.25) is 0 Å². The quantitative estimate of drug-likeness (QED) is 0.407. The maximum absolute atomic E-state index is 2.36. The predicted octanol–water partition coefficient (Wildman–Crippen LogP) is -1.62. The van der Waals surface area contributed by atoms with Crippen LogP contribution in [0.25, 0.3) is 0 Å². The van der Waals surface area contributed by atoms with Gasteiger partial charge in [-0.15, -0.1) is 10.9 Å². The first-order chi connectivity index (χ1) is 8.37. The van der Waals surface area contributed by atoms with E-state index in [9.17, 15) is 0 Å². The average molecular weight is 222 g/mol. The van der Waals surface area contributed by atoms with Gasteiger partial charge < -0.3 is 0 Å². The molecule has 2 saturated heterocycles. The molecule has 2 rings (SSSR count). The molecule has 0 nitrogen and oxygen atoms in total. The molecule has 0 spiro atoms. The van der Waals surface area contributed by atoms with Gasteiger partial charge in [-0.05, 0) is 17.9 Å². The summed E-state index contributed by atoms with van der Waals surface area (Å²) in [6, 6.07) is 0. The largest absolute Gasteiger partial charge is 0.163 e. The zero-order valence-electron chi connectivity index (χ0n) is 10.4. The monoisotopic (exact) mass is 224 g/mol. The lowest BCUT2D eigenvalue weighted by Gasteiger charge is -2.37. The molecule has 0 N–H and O–H groups in total. The first-order valence-corrected chi connectivity index (χ1v) is 7.49. The summed E-state index contributed by atoms with van der Waals surface area (Å²) in [6.45, 7) is 2.25. The molecule has 0 saturated carbocycles. The summed E-state index contributed by atoms with van der Waals surface area (Å²) in [7, 11) is 22.2. The van der Waals surface area contributed by atoms with Crippen LogP contribution in [0.5, 0.6) is 0 Å². The van der Waals surface area contributed by atoms with E-state index in [1.807, 2.05) is 0 Å². The van der Waals surface area contributed by atoms with Gasteiger partial charge in [-0.25, -0.2) is 0 Å². The van der Waals surface area contributed by atoms with Crippen LogP contribution >= 0.6 is 11.8 Å². The van der Waals surface area contributed by atoms with Crippen LogP contribution in [0.3, 0.4) is 0 Å². The third kappa shape index (κ3) is 3.98. The van der Waals surface area contributed by atoms with E-state index in [4.69, 9.17) is 0 Å². The topological polar surface area (TPSA) is 0 Å². The Balaban J connectivity index is 1.95. The van der Waals surface area contributed by atoms with E-state index in [1.165, 1.54) is 17.9 Å². The molecule has 0 aromatic rings. The van der Waals surface area contributed by atoms with E-state index in [-0.39, 0.29) is 5.21 Å². The van der Waals surface area contributed by atoms with Crippen LogP contribution in [0, 0.1) is 0 Å². The molecule has 2 unspecified atom stereocenters. The van der Waals surface area contributed by atoms with Gasteiger partial charge in [0.1, 0.15) is 0 Å². The molecule has 2 aliphatic rings. The fraction of sp³-hybridized carbons (Fsp3) is 1.00. The van der Waals surface area contributed by atoms with Gasteiger partial charge in [-0.2, -0.15) is 11.8 Å². The molecule has 10 radical (unpaired) electrons. The Kier molecular flexibility index (Phi) is 6.40. The van der Waals surface area contributed by atoms with Crippen LogP contribution in [0.1, 0.15) is 13.3 Å². The van der Waals surface area contributed by atoms with Crippen LogP contribution in [-0.4, -0.2) is 82.6 Å². The number of thioether (sulfide) groups is 1. The van der Waals surface area contributed by atoms with Crippen molar-refractivity contribution in [2.24, 2.45) is 0 Å². The molecular weight excluding hydrogens is 212 g/mol. The van der Waals surface area contributed by atoms with Crippen molar-refractivity contribution < 1.29 is 0 Å². The lowest BCUT2D eigenvalue weighted by atomic mass is 8.93. The van der Waals surface area contributed by atoms with E-state index >= 15 is 0 Å². The van der Waals surface area contributed by atoms with E-state index in [2.05, 4.69) is 89.7 Å². The van der Waals surface area contributed by atoms with E-state index in [0.29, 0.717) is 5.72 Å². The second-order valence-corrected chi connectivity index (χ2v) is 5.67. The fourth-order valence-corrected chi connectivity index (χ4v) is 3.42. The highest BCUT2D eigenvalue weighted by atomic mass is 32.2. The average Bonchev–Trinajstić information content (AvgIpc) is 2.73. The molecule has 2 fully saturated rings. The Morgan fingerprint density at radius 2 is 1.65 bits per heavy atom. The summed E-state index contributed by atoms with van der Waals surface area (Å²) >= 11 is 2.06. The molecule has 17 heavy (non-hydrogen) atoms. The molecule has 0 aromatic carbocycles. The summed E-state index contributed by atoms with van der Waals surface area (Å²) in [6.07, 6.45) is 1.26. The molecule has 2 atom stereocenters. The standard InChI is InChI=1S/C6H10B10S/c1-2-3-17-4-6-5(7-11-9-6)8-12-14-16-15-13-10-6/h5H,2-4H2,1H3. The van der Waals surface area contributed by atoms with Gasteiger partial charge in [0, 0.05) is 56.7 Å². The van der Waals surface area contributed by atoms with E-state index in [1.54, 1.807) is 0 Å². The highest BCUT2D eigenvalue weighted by Crippen LogP contribution is 2.43. The third-order valence-electron chi connectivity index (χ3n) is 3.22. The predicted molar refractivity (Wildman–Crippen MR) is 91.6 cm³/mol. The summed E-state index contributed by atoms with van der Waals surface area (Å²) in [4.78, 5) is 0. The molecule has 0 aromatic heterocycles. The van der Waals surface area contributed by atoms with Crippen molar-refractivity contribution in [3.05, 3.63) is 0 Å². The van der Waals surface area contributed by atoms with Crippen LogP contribution < -0.4 is 0 Å². The Hall–Kier alpha value is 0.999. The highest BCUT2D eigenvalue weighted by molar-refractivity contribution is 7.99. The van der Waals surface area contributed by atoms with Crippen molar-refractivity contribution in [1.29, 1.82) is 0 Å². The van der Waals surface area contributed by atoms with Crippen LogP contribution in [0.4, 0.5) is 0 Å². The number of hydrogen-bond acceptors (Lipinski definition) is 1. The minimum atomic E-state index is 0.193. The van der Waals surface area contributed by atoms with Crippen molar-refractivity contribution >= 4 is 82.8 Å². The molecule has 0 aliphatic carbocycles.